The second kappa shape index (κ2) is 10.3. The van der Waals surface area contributed by atoms with Crippen LogP contribution in [0.1, 0.15) is 47.0 Å². The summed E-state index contributed by atoms with van der Waals surface area (Å²) in [6.45, 7) is 9.86. The van der Waals surface area contributed by atoms with Crippen LogP contribution in [0.3, 0.4) is 0 Å². The van der Waals surface area contributed by atoms with Crippen molar-refractivity contribution in [2.75, 3.05) is 43.1 Å². The molecule has 2 saturated heterocycles. The summed E-state index contributed by atoms with van der Waals surface area (Å²) < 4.78 is 16.3. The van der Waals surface area contributed by atoms with Crippen molar-refractivity contribution in [1.82, 2.24) is 4.90 Å². The maximum Gasteiger partial charge on any atom is 0.412 e. The normalized spacial score (nSPS) is 18.4. The Morgan fingerprint density at radius 2 is 1.91 bits per heavy atom. The van der Waals surface area contributed by atoms with Crippen LogP contribution in [0.25, 0.3) is 0 Å². The van der Waals surface area contributed by atoms with E-state index in [-0.39, 0.29) is 30.3 Å². The molecule has 0 aliphatic carbocycles. The summed E-state index contributed by atoms with van der Waals surface area (Å²) in [5.41, 5.74) is 0.0495. The first kappa shape index (κ1) is 24.0. The van der Waals surface area contributed by atoms with Crippen molar-refractivity contribution in [2.45, 2.75) is 58.6 Å². The van der Waals surface area contributed by atoms with Gasteiger partial charge in [0.15, 0.2) is 5.75 Å². The Kier molecular flexibility index (Phi) is 7.73. The number of carbonyl (C=O) groups excluding carboxylic acids is 3. The third kappa shape index (κ3) is 6.20. The number of para-hydroxylation sites is 1. The predicted octanol–water partition coefficient (Wildman–Crippen LogP) is 3.18. The summed E-state index contributed by atoms with van der Waals surface area (Å²) in [6, 6.07) is 5.39. The highest BCUT2D eigenvalue weighted by molar-refractivity contribution is 6.00. The Morgan fingerprint density at radius 1 is 1.19 bits per heavy atom. The summed E-state index contributed by atoms with van der Waals surface area (Å²) in [7, 11) is 0. The maximum atomic E-state index is 13.1. The van der Waals surface area contributed by atoms with Crippen LogP contribution >= 0.6 is 0 Å². The lowest BCUT2D eigenvalue weighted by Crippen LogP contribution is -2.54. The van der Waals surface area contributed by atoms with Crippen molar-refractivity contribution in [2.24, 2.45) is 0 Å². The summed E-state index contributed by atoms with van der Waals surface area (Å²) in [4.78, 5) is 41.4. The molecule has 3 rings (SSSR count). The van der Waals surface area contributed by atoms with E-state index in [1.165, 1.54) is 0 Å². The van der Waals surface area contributed by atoms with Gasteiger partial charge in [0.25, 0.3) is 0 Å². The first-order valence-corrected chi connectivity index (χ1v) is 11.1. The van der Waals surface area contributed by atoms with Gasteiger partial charge < -0.3 is 19.1 Å². The Hall–Kier alpha value is -2.65. The summed E-state index contributed by atoms with van der Waals surface area (Å²) >= 11 is 0. The number of hydrogen-bond acceptors (Lipinski definition) is 7. The summed E-state index contributed by atoms with van der Waals surface area (Å²) in [5, 5.41) is 2.65. The highest BCUT2D eigenvalue weighted by Gasteiger charge is 2.33. The average Bonchev–Trinajstić information content (AvgIpc) is 2.74. The highest BCUT2D eigenvalue weighted by Crippen LogP contribution is 2.37. The topological polar surface area (TPSA) is 97.4 Å². The zero-order valence-corrected chi connectivity index (χ0v) is 19.3. The Morgan fingerprint density at radius 3 is 2.53 bits per heavy atom. The van der Waals surface area contributed by atoms with Gasteiger partial charge in [-0.1, -0.05) is 13.0 Å². The predicted molar refractivity (Wildman–Crippen MR) is 120 cm³/mol. The van der Waals surface area contributed by atoms with Gasteiger partial charge in [-0.15, -0.1) is 0 Å². The minimum atomic E-state index is -0.682. The molecule has 0 unspecified atom stereocenters. The minimum absolute atomic E-state index is 0.0778. The number of anilines is 2. The number of nitrogens with one attached hydrogen (secondary N) is 1. The molecule has 0 aromatic heterocycles. The smallest absolute Gasteiger partial charge is 0.412 e. The molecule has 1 aromatic carbocycles. The average molecular weight is 448 g/mol. The van der Waals surface area contributed by atoms with Gasteiger partial charge in [-0.25, -0.2) is 4.79 Å². The maximum absolute atomic E-state index is 13.1. The zero-order chi connectivity index (χ0) is 23.3. The SMILES string of the molecule is CCC(=O)Oc1c(NC(=O)OC(C)(C)C)cccc1N1CCN(C2CCOCC2)CC1=O. The second-order valence-electron chi connectivity index (χ2n) is 8.97. The van der Waals surface area contributed by atoms with Gasteiger partial charge in [-0.05, 0) is 45.7 Å². The van der Waals surface area contributed by atoms with Gasteiger partial charge in [0.1, 0.15) is 5.60 Å². The number of nitrogens with zero attached hydrogens (tertiary/aromatic N) is 2. The third-order valence-electron chi connectivity index (χ3n) is 5.38. The number of carbonyl (C=O) groups is 3. The molecule has 9 heteroatoms. The van der Waals surface area contributed by atoms with E-state index in [1.807, 2.05) is 0 Å². The van der Waals surface area contributed by atoms with Gasteiger partial charge in [-0.2, -0.15) is 0 Å². The quantitative estimate of drug-likeness (QED) is 0.547. The zero-order valence-electron chi connectivity index (χ0n) is 19.3. The molecule has 0 saturated carbocycles. The lowest BCUT2D eigenvalue weighted by molar-refractivity contribution is -0.134. The number of benzene rings is 1. The molecular weight excluding hydrogens is 414 g/mol. The minimum Gasteiger partial charge on any atom is -0.444 e. The summed E-state index contributed by atoms with van der Waals surface area (Å²) in [6.07, 6.45) is 1.33. The van der Waals surface area contributed by atoms with Gasteiger partial charge >= 0.3 is 12.1 Å². The Bertz CT molecular complexity index is 845. The first-order valence-electron chi connectivity index (χ1n) is 11.1. The van der Waals surface area contributed by atoms with Gasteiger partial charge in [0, 0.05) is 38.8 Å². The van der Waals surface area contributed by atoms with Crippen LogP contribution in [0, 0.1) is 0 Å². The number of esters is 1. The molecule has 0 bridgehead atoms. The van der Waals surface area contributed by atoms with Crippen LogP contribution in [-0.4, -0.2) is 67.4 Å². The lowest BCUT2D eigenvalue weighted by atomic mass is 10.1. The number of hydrogen-bond donors (Lipinski definition) is 1. The van der Waals surface area contributed by atoms with Crippen molar-refractivity contribution in [3.05, 3.63) is 18.2 Å². The number of rotatable bonds is 5. The van der Waals surface area contributed by atoms with Crippen molar-refractivity contribution in [3.8, 4) is 5.75 Å². The van der Waals surface area contributed by atoms with Gasteiger partial charge in [0.05, 0.1) is 17.9 Å². The van der Waals surface area contributed by atoms with E-state index < -0.39 is 17.7 Å². The van der Waals surface area contributed by atoms with E-state index in [1.54, 1.807) is 50.8 Å². The molecule has 0 atom stereocenters. The van der Waals surface area contributed by atoms with Crippen molar-refractivity contribution in [3.63, 3.8) is 0 Å². The van der Waals surface area contributed by atoms with Crippen LogP contribution in [0.5, 0.6) is 5.75 Å². The van der Waals surface area contributed by atoms with E-state index in [0.29, 0.717) is 38.0 Å². The second-order valence-corrected chi connectivity index (χ2v) is 8.97. The molecule has 0 radical (unpaired) electrons. The lowest BCUT2D eigenvalue weighted by Gasteiger charge is -2.40. The Labute approximate surface area is 189 Å². The standard InChI is InChI=1S/C23H33N3O6/c1-5-20(28)31-21-17(24-22(29)32-23(2,3)4)7-6-8-18(21)26-12-11-25(15-19(26)27)16-9-13-30-14-10-16/h6-8,16H,5,9-15H2,1-4H3,(H,24,29). The van der Waals surface area contributed by atoms with Crippen molar-refractivity contribution in [1.29, 1.82) is 0 Å². The molecule has 176 valence electrons. The fourth-order valence-electron chi connectivity index (χ4n) is 3.85. The molecule has 2 heterocycles. The molecule has 0 spiro atoms. The van der Waals surface area contributed by atoms with E-state index in [2.05, 4.69) is 10.2 Å². The molecule has 2 aliphatic rings. The van der Waals surface area contributed by atoms with Crippen LogP contribution in [0.2, 0.25) is 0 Å². The fourth-order valence-corrected chi connectivity index (χ4v) is 3.85. The molecule has 2 amide bonds. The van der Waals surface area contributed by atoms with E-state index in [0.717, 1.165) is 12.8 Å². The third-order valence-corrected chi connectivity index (χ3v) is 5.38. The molecule has 9 nitrogen and oxygen atoms in total. The molecule has 1 N–H and O–H groups in total. The largest absolute Gasteiger partial charge is 0.444 e. The number of amides is 2. The van der Waals surface area contributed by atoms with Crippen molar-refractivity contribution < 1.29 is 28.6 Å². The molecule has 1 aromatic rings. The fraction of sp³-hybridized carbons (Fsp3) is 0.609. The first-order chi connectivity index (χ1) is 15.2. The molecule has 2 aliphatic heterocycles. The van der Waals surface area contributed by atoms with Gasteiger partial charge in [0.2, 0.25) is 5.91 Å². The van der Waals surface area contributed by atoms with Crippen molar-refractivity contribution >= 4 is 29.3 Å². The summed E-state index contributed by atoms with van der Waals surface area (Å²) in [5.74, 6) is -0.387. The van der Waals surface area contributed by atoms with Crippen LogP contribution in [0.4, 0.5) is 16.2 Å². The number of ether oxygens (including phenoxy) is 3. The monoisotopic (exact) mass is 447 g/mol. The Balaban J connectivity index is 1.82. The number of piperazine rings is 1. The van der Waals surface area contributed by atoms with E-state index >= 15 is 0 Å². The molecule has 32 heavy (non-hydrogen) atoms. The highest BCUT2D eigenvalue weighted by atomic mass is 16.6. The van der Waals surface area contributed by atoms with E-state index in [9.17, 15) is 14.4 Å². The van der Waals surface area contributed by atoms with Crippen LogP contribution < -0.4 is 15.0 Å². The molecule has 2 fully saturated rings. The molecular formula is C23H33N3O6. The van der Waals surface area contributed by atoms with Gasteiger partial charge in [-0.3, -0.25) is 19.8 Å². The van der Waals surface area contributed by atoms with Crippen LogP contribution in [0.15, 0.2) is 18.2 Å². The van der Waals surface area contributed by atoms with Crippen LogP contribution in [-0.2, 0) is 19.1 Å². The van der Waals surface area contributed by atoms with E-state index in [4.69, 9.17) is 14.2 Å².